The van der Waals surface area contributed by atoms with E-state index in [2.05, 4.69) is 29.4 Å². The van der Waals surface area contributed by atoms with Gasteiger partial charge in [-0.2, -0.15) is 0 Å². The van der Waals surface area contributed by atoms with Crippen LogP contribution >= 0.6 is 11.8 Å². The third kappa shape index (κ3) is 3.56. The van der Waals surface area contributed by atoms with Crippen molar-refractivity contribution in [2.24, 2.45) is 0 Å². The molecule has 0 aliphatic heterocycles. The summed E-state index contributed by atoms with van der Waals surface area (Å²) in [4.78, 5) is 0. The predicted octanol–water partition coefficient (Wildman–Crippen LogP) is 2.10. The normalized spacial score (nSPS) is 19.6. The predicted molar refractivity (Wildman–Crippen MR) is 84.6 cm³/mol. The molecule has 2 heterocycles. The van der Waals surface area contributed by atoms with E-state index >= 15 is 0 Å². The monoisotopic (exact) mass is 306 g/mol. The lowest BCUT2D eigenvalue weighted by Crippen LogP contribution is -2.48. The molecule has 114 valence electrons. The third-order valence-corrected chi connectivity index (χ3v) is 4.86. The van der Waals surface area contributed by atoms with Crippen LogP contribution < -0.4 is 5.32 Å². The molecule has 21 heavy (non-hydrogen) atoms. The quantitative estimate of drug-likeness (QED) is 0.767. The minimum absolute atomic E-state index is 0.162. The standard InChI is InChI=1S/C15H22N4OS/c1-11(9-15(2,10-20)16-12-6-7-12)21-14-18-17-13-5-3-4-8-19(13)14/h3-5,8,11-12,16,20H,6-7,9-10H2,1-2H3. The highest BCUT2D eigenvalue weighted by atomic mass is 32.2. The van der Waals surface area contributed by atoms with Crippen LogP contribution in [0.2, 0.25) is 0 Å². The first-order valence-electron chi connectivity index (χ1n) is 7.45. The molecule has 2 unspecified atom stereocenters. The highest BCUT2D eigenvalue weighted by molar-refractivity contribution is 7.99. The van der Waals surface area contributed by atoms with E-state index in [1.54, 1.807) is 11.8 Å². The fourth-order valence-electron chi connectivity index (χ4n) is 2.65. The van der Waals surface area contributed by atoms with Gasteiger partial charge < -0.3 is 10.4 Å². The average molecular weight is 306 g/mol. The molecule has 0 saturated heterocycles. The molecule has 2 N–H and O–H groups in total. The maximum atomic E-state index is 9.70. The molecule has 5 nitrogen and oxygen atoms in total. The fourth-order valence-corrected chi connectivity index (χ4v) is 3.81. The largest absolute Gasteiger partial charge is 0.394 e. The van der Waals surface area contributed by atoms with Gasteiger partial charge in [-0.3, -0.25) is 4.40 Å². The summed E-state index contributed by atoms with van der Waals surface area (Å²) in [6, 6.07) is 6.49. The van der Waals surface area contributed by atoms with E-state index in [4.69, 9.17) is 0 Å². The molecule has 2 aromatic rings. The van der Waals surface area contributed by atoms with Crippen LogP contribution in [0.15, 0.2) is 29.6 Å². The Hall–Kier alpha value is -1.11. The van der Waals surface area contributed by atoms with Crippen LogP contribution in [0, 0.1) is 0 Å². The van der Waals surface area contributed by atoms with Crippen LogP contribution in [0.3, 0.4) is 0 Å². The number of hydrogen-bond acceptors (Lipinski definition) is 5. The van der Waals surface area contributed by atoms with Gasteiger partial charge >= 0.3 is 0 Å². The second kappa shape index (κ2) is 5.94. The van der Waals surface area contributed by atoms with Gasteiger partial charge in [-0.25, -0.2) is 0 Å². The zero-order chi connectivity index (χ0) is 14.9. The number of aliphatic hydroxyl groups is 1. The average Bonchev–Trinajstić information content (AvgIpc) is 3.18. The highest BCUT2D eigenvalue weighted by Crippen LogP contribution is 2.30. The van der Waals surface area contributed by atoms with Gasteiger partial charge in [-0.15, -0.1) is 10.2 Å². The van der Waals surface area contributed by atoms with Crippen LogP contribution in [0.25, 0.3) is 5.65 Å². The van der Waals surface area contributed by atoms with Crippen molar-refractivity contribution < 1.29 is 5.11 Å². The number of pyridine rings is 1. The highest BCUT2D eigenvalue weighted by Gasteiger charge is 2.33. The molecule has 1 aliphatic rings. The summed E-state index contributed by atoms with van der Waals surface area (Å²) >= 11 is 1.71. The molecule has 2 aromatic heterocycles. The van der Waals surface area contributed by atoms with Gasteiger partial charge in [0.25, 0.3) is 0 Å². The Morgan fingerprint density at radius 2 is 2.29 bits per heavy atom. The molecule has 0 amide bonds. The second-order valence-electron chi connectivity index (χ2n) is 6.18. The number of fused-ring (bicyclic) bond motifs is 1. The van der Waals surface area contributed by atoms with Crippen molar-refractivity contribution in [2.45, 2.75) is 55.1 Å². The smallest absolute Gasteiger partial charge is 0.195 e. The van der Waals surface area contributed by atoms with E-state index < -0.39 is 0 Å². The Kier molecular flexibility index (Phi) is 4.19. The van der Waals surface area contributed by atoms with E-state index in [1.165, 1.54) is 12.8 Å². The lowest BCUT2D eigenvalue weighted by Gasteiger charge is -2.31. The molecule has 0 bridgehead atoms. The molecule has 0 radical (unpaired) electrons. The van der Waals surface area contributed by atoms with E-state index in [1.807, 2.05) is 28.8 Å². The van der Waals surface area contributed by atoms with Crippen molar-refractivity contribution in [3.63, 3.8) is 0 Å². The fraction of sp³-hybridized carbons (Fsp3) is 0.600. The topological polar surface area (TPSA) is 62.5 Å². The van der Waals surface area contributed by atoms with Crippen molar-refractivity contribution in [1.82, 2.24) is 19.9 Å². The summed E-state index contributed by atoms with van der Waals surface area (Å²) in [5.41, 5.74) is 0.655. The van der Waals surface area contributed by atoms with E-state index in [0.717, 1.165) is 17.2 Å². The third-order valence-electron chi connectivity index (χ3n) is 3.81. The molecule has 0 aromatic carbocycles. The Balaban J connectivity index is 1.66. The van der Waals surface area contributed by atoms with Crippen LogP contribution in [0.5, 0.6) is 0 Å². The van der Waals surface area contributed by atoms with Crippen molar-refractivity contribution in [2.75, 3.05) is 6.61 Å². The number of aliphatic hydroxyl groups excluding tert-OH is 1. The van der Waals surface area contributed by atoms with Gasteiger partial charge in [-0.05, 0) is 38.3 Å². The van der Waals surface area contributed by atoms with Gasteiger partial charge in [0.2, 0.25) is 0 Å². The number of aromatic nitrogens is 3. The number of hydrogen-bond donors (Lipinski definition) is 2. The molecule has 2 atom stereocenters. The van der Waals surface area contributed by atoms with E-state index in [0.29, 0.717) is 11.3 Å². The van der Waals surface area contributed by atoms with Crippen LogP contribution in [0.1, 0.15) is 33.1 Å². The summed E-state index contributed by atoms with van der Waals surface area (Å²) in [6.45, 7) is 4.44. The molecular formula is C15H22N4OS. The molecular weight excluding hydrogens is 284 g/mol. The first-order valence-corrected chi connectivity index (χ1v) is 8.32. The van der Waals surface area contributed by atoms with Crippen molar-refractivity contribution in [1.29, 1.82) is 0 Å². The van der Waals surface area contributed by atoms with Crippen LogP contribution in [-0.4, -0.2) is 43.1 Å². The van der Waals surface area contributed by atoms with Crippen molar-refractivity contribution >= 4 is 17.4 Å². The second-order valence-corrected chi connectivity index (χ2v) is 7.59. The maximum Gasteiger partial charge on any atom is 0.195 e. The molecule has 1 fully saturated rings. The summed E-state index contributed by atoms with van der Waals surface area (Å²) < 4.78 is 2.01. The first kappa shape index (κ1) is 14.8. The van der Waals surface area contributed by atoms with Crippen LogP contribution in [-0.2, 0) is 0 Å². The molecule has 1 saturated carbocycles. The number of nitrogens with one attached hydrogen (secondary N) is 1. The summed E-state index contributed by atoms with van der Waals surface area (Å²) in [5.74, 6) is 0. The number of thioether (sulfide) groups is 1. The lowest BCUT2D eigenvalue weighted by molar-refractivity contribution is 0.164. The Labute approximate surface area is 129 Å². The minimum atomic E-state index is -0.214. The molecule has 3 rings (SSSR count). The zero-order valence-electron chi connectivity index (χ0n) is 12.5. The van der Waals surface area contributed by atoms with Crippen molar-refractivity contribution in [3.8, 4) is 0 Å². The summed E-state index contributed by atoms with van der Waals surface area (Å²) in [5, 5.41) is 22.9. The molecule has 1 aliphatic carbocycles. The van der Waals surface area contributed by atoms with Crippen LogP contribution in [0.4, 0.5) is 0 Å². The van der Waals surface area contributed by atoms with E-state index in [9.17, 15) is 5.11 Å². The Morgan fingerprint density at radius 3 is 3.00 bits per heavy atom. The Bertz CT molecular complexity index is 612. The summed E-state index contributed by atoms with van der Waals surface area (Å²) in [7, 11) is 0. The van der Waals surface area contributed by atoms with Gasteiger partial charge in [-0.1, -0.05) is 24.8 Å². The zero-order valence-corrected chi connectivity index (χ0v) is 13.3. The first-order chi connectivity index (χ1) is 10.1. The molecule has 6 heteroatoms. The maximum absolute atomic E-state index is 9.70. The Morgan fingerprint density at radius 1 is 1.48 bits per heavy atom. The molecule has 0 spiro atoms. The van der Waals surface area contributed by atoms with Gasteiger partial charge in [0.15, 0.2) is 10.8 Å². The SMILES string of the molecule is CC(CC(C)(CO)NC1CC1)Sc1nnc2ccccn12. The van der Waals surface area contributed by atoms with Gasteiger partial charge in [0.1, 0.15) is 0 Å². The van der Waals surface area contributed by atoms with E-state index in [-0.39, 0.29) is 12.1 Å². The summed E-state index contributed by atoms with van der Waals surface area (Å²) in [6.07, 6.45) is 5.34. The van der Waals surface area contributed by atoms with Gasteiger partial charge in [0.05, 0.1) is 6.61 Å². The lowest BCUT2D eigenvalue weighted by atomic mass is 9.97. The van der Waals surface area contributed by atoms with Gasteiger partial charge in [0, 0.05) is 23.0 Å². The minimum Gasteiger partial charge on any atom is -0.394 e. The van der Waals surface area contributed by atoms with Crippen molar-refractivity contribution in [3.05, 3.63) is 24.4 Å². The number of rotatable bonds is 7. The number of nitrogens with zero attached hydrogens (tertiary/aromatic N) is 3.